The lowest BCUT2D eigenvalue weighted by Gasteiger charge is -2.29. The second kappa shape index (κ2) is 8.52. The van der Waals surface area contributed by atoms with Crippen LogP contribution >= 0.6 is 28.1 Å². The Morgan fingerprint density at radius 1 is 0.938 bits per heavy atom. The van der Waals surface area contributed by atoms with Crippen molar-refractivity contribution in [2.45, 2.75) is 25.9 Å². The first kappa shape index (κ1) is 20.9. The summed E-state index contributed by atoms with van der Waals surface area (Å²) in [7, 11) is 0. The molecule has 32 heavy (non-hydrogen) atoms. The molecule has 4 aromatic rings. The SMILES string of the molecule is Cc1cccc(-n2cccc2C2C(c3ccccn3)NC(=S)N2c2ccc(Br)c(C)c2)c1. The van der Waals surface area contributed by atoms with Gasteiger partial charge in [-0.15, -0.1) is 0 Å². The maximum atomic E-state index is 5.87. The predicted molar refractivity (Wildman–Crippen MR) is 137 cm³/mol. The molecule has 5 rings (SSSR count). The molecule has 2 aromatic carbocycles. The van der Waals surface area contributed by atoms with Crippen molar-refractivity contribution in [1.29, 1.82) is 0 Å². The van der Waals surface area contributed by atoms with Crippen LogP contribution in [0.5, 0.6) is 0 Å². The zero-order valence-corrected chi connectivity index (χ0v) is 20.3. The summed E-state index contributed by atoms with van der Waals surface area (Å²) in [5.41, 5.74) is 6.70. The van der Waals surface area contributed by atoms with Crippen molar-refractivity contribution in [3.05, 3.63) is 112 Å². The second-order valence-corrected chi connectivity index (χ2v) is 9.31. The molecule has 1 N–H and O–H groups in total. The molecule has 2 unspecified atom stereocenters. The van der Waals surface area contributed by atoms with Gasteiger partial charge in [-0.1, -0.05) is 34.1 Å². The van der Waals surface area contributed by atoms with Crippen LogP contribution in [0.15, 0.2) is 89.7 Å². The van der Waals surface area contributed by atoms with Gasteiger partial charge in [-0.3, -0.25) is 4.98 Å². The van der Waals surface area contributed by atoms with Crippen LogP contribution in [0.4, 0.5) is 5.69 Å². The van der Waals surface area contributed by atoms with E-state index in [9.17, 15) is 0 Å². The second-order valence-electron chi connectivity index (χ2n) is 8.07. The Morgan fingerprint density at radius 2 is 1.81 bits per heavy atom. The van der Waals surface area contributed by atoms with Gasteiger partial charge in [-0.2, -0.15) is 0 Å². The first-order chi connectivity index (χ1) is 15.5. The van der Waals surface area contributed by atoms with Crippen LogP contribution in [0.3, 0.4) is 0 Å². The molecule has 1 aliphatic rings. The highest BCUT2D eigenvalue weighted by Gasteiger charge is 2.42. The van der Waals surface area contributed by atoms with Gasteiger partial charge in [0.25, 0.3) is 0 Å². The minimum Gasteiger partial charge on any atom is -0.351 e. The van der Waals surface area contributed by atoms with E-state index in [0.717, 1.165) is 27.2 Å². The number of nitrogens with zero attached hydrogens (tertiary/aromatic N) is 3. The normalized spacial score (nSPS) is 18.1. The maximum absolute atomic E-state index is 5.87. The Balaban J connectivity index is 1.68. The Labute approximate surface area is 202 Å². The minimum atomic E-state index is -0.0777. The van der Waals surface area contributed by atoms with Gasteiger partial charge >= 0.3 is 0 Å². The van der Waals surface area contributed by atoms with Crippen LogP contribution in [-0.4, -0.2) is 14.7 Å². The predicted octanol–water partition coefficient (Wildman–Crippen LogP) is 6.43. The molecule has 4 nitrogen and oxygen atoms in total. The average Bonchev–Trinajstić information content (AvgIpc) is 3.40. The zero-order chi connectivity index (χ0) is 22.2. The standard InChI is InChI=1S/C26H23BrN4S/c1-17-7-5-8-19(15-17)30-14-6-10-23(30)25-24(22-9-3-4-13-28-22)29-26(32)31(25)20-11-12-21(27)18(2)16-20/h3-16,24-25H,1-2H3,(H,29,32). The third-order valence-electron chi connectivity index (χ3n) is 5.88. The topological polar surface area (TPSA) is 33.1 Å². The van der Waals surface area contributed by atoms with E-state index in [1.807, 2.05) is 18.3 Å². The van der Waals surface area contributed by atoms with Crippen molar-refractivity contribution in [3.63, 3.8) is 0 Å². The van der Waals surface area contributed by atoms with Crippen LogP contribution in [0.25, 0.3) is 5.69 Å². The van der Waals surface area contributed by atoms with Crippen molar-refractivity contribution in [3.8, 4) is 5.69 Å². The first-order valence-corrected chi connectivity index (χ1v) is 11.7. The van der Waals surface area contributed by atoms with Gasteiger partial charge in [0, 0.05) is 33.9 Å². The fraction of sp³-hybridized carbons (Fsp3) is 0.154. The highest BCUT2D eigenvalue weighted by Crippen LogP contribution is 2.42. The lowest BCUT2D eigenvalue weighted by Crippen LogP contribution is -2.30. The summed E-state index contributed by atoms with van der Waals surface area (Å²) in [6.07, 6.45) is 3.95. The van der Waals surface area contributed by atoms with Gasteiger partial charge < -0.3 is 14.8 Å². The Morgan fingerprint density at radius 3 is 2.56 bits per heavy atom. The summed E-state index contributed by atoms with van der Waals surface area (Å²) < 4.78 is 3.34. The highest BCUT2D eigenvalue weighted by molar-refractivity contribution is 9.10. The summed E-state index contributed by atoms with van der Waals surface area (Å²) in [6, 6.07) is 25.1. The van der Waals surface area contributed by atoms with Crippen molar-refractivity contribution < 1.29 is 0 Å². The molecule has 0 aliphatic carbocycles. The number of aromatic nitrogens is 2. The maximum Gasteiger partial charge on any atom is 0.174 e. The van der Waals surface area contributed by atoms with E-state index in [-0.39, 0.29) is 12.1 Å². The number of benzene rings is 2. The number of hydrogen-bond acceptors (Lipinski definition) is 2. The quantitative estimate of drug-likeness (QED) is 0.326. The number of thiocarbonyl (C=S) groups is 1. The van der Waals surface area contributed by atoms with Gasteiger partial charge in [0.2, 0.25) is 0 Å². The number of hydrogen-bond donors (Lipinski definition) is 1. The lowest BCUT2D eigenvalue weighted by molar-refractivity contribution is 0.549. The van der Waals surface area contributed by atoms with E-state index < -0.39 is 0 Å². The summed E-state index contributed by atoms with van der Waals surface area (Å²) >= 11 is 9.50. The van der Waals surface area contributed by atoms with Crippen molar-refractivity contribution >= 4 is 38.9 Å². The Hall–Kier alpha value is -2.96. The van der Waals surface area contributed by atoms with Gasteiger partial charge in [-0.05, 0) is 91.8 Å². The third kappa shape index (κ3) is 3.74. The molecule has 0 bridgehead atoms. The largest absolute Gasteiger partial charge is 0.351 e. The molecule has 1 saturated heterocycles. The van der Waals surface area contributed by atoms with Crippen molar-refractivity contribution in [1.82, 2.24) is 14.9 Å². The van der Waals surface area contributed by atoms with Crippen LogP contribution in [0.1, 0.15) is 34.6 Å². The van der Waals surface area contributed by atoms with Gasteiger partial charge in [0.05, 0.1) is 11.7 Å². The number of nitrogens with one attached hydrogen (secondary N) is 1. The summed E-state index contributed by atoms with van der Waals surface area (Å²) in [4.78, 5) is 6.88. The number of rotatable bonds is 4. The van der Waals surface area contributed by atoms with Gasteiger partial charge in [-0.25, -0.2) is 0 Å². The molecule has 0 spiro atoms. The van der Waals surface area contributed by atoms with E-state index in [4.69, 9.17) is 12.2 Å². The summed E-state index contributed by atoms with van der Waals surface area (Å²) in [6.45, 7) is 4.22. The number of halogens is 1. The fourth-order valence-electron chi connectivity index (χ4n) is 4.36. The number of anilines is 1. The molecule has 2 aromatic heterocycles. The Kier molecular flexibility index (Phi) is 5.57. The molecule has 0 amide bonds. The fourth-order valence-corrected chi connectivity index (χ4v) is 4.95. The molecular formula is C26H23BrN4S. The van der Waals surface area contributed by atoms with Gasteiger partial charge in [0.15, 0.2) is 5.11 Å². The van der Waals surface area contributed by atoms with E-state index in [0.29, 0.717) is 5.11 Å². The smallest absolute Gasteiger partial charge is 0.174 e. The van der Waals surface area contributed by atoms with E-state index in [1.165, 1.54) is 11.1 Å². The summed E-state index contributed by atoms with van der Waals surface area (Å²) in [5.74, 6) is 0. The first-order valence-electron chi connectivity index (χ1n) is 10.5. The zero-order valence-electron chi connectivity index (χ0n) is 17.9. The lowest BCUT2D eigenvalue weighted by atomic mass is 10.0. The highest BCUT2D eigenvalue weighted by atomic mass is 79.9. The van der Waals surface area contributed by atoms with Gasteiger partial charge in [0.1, 0.15) is 6.04 Å². The van der Waals surface area contributed by atoms with Crippen LogP contribution in [-0.2, 0) is 0 Å². The molecular weight excluding hydrogens is 480 g/mol. The summed E-state index contributed by atoms with van der Waals surface area (Å²) in [5, 5.41) is 4.25. The van der Waals surface area contributed by atoms with Crippen molar-refractivity contribution in [2.24, 2.45) is 0 Å². The van der Waals surface area contributed by atoms with E-state index in [2.05, 4.69) is 116 Å². The van der Waals surface area contributed by atoms with E-state index >= 15 is 0 Å². The molecule has 6 heteroatoms. The monoisotopic (exact) mass is 502 g/mol. The minimum absolute atomic E-state index is 0.0616. The molecule has 1 aliphatic heterocycles. The average molecular weight is 503 g/mol. The third-order valence-corrected chi connectivity index (χ3v) is 7.09. The molecule has 160 valence electrons. The van der Waals surface area contributed by atoms with Crippen LogP contribution in [0, 0.1) is 13.8 Å². The molecule has 3 heterocycles. The van der Waals surface area contributed by atoms with Crippen molar-refractivity contribution in [2.75, 3.05) is 4.90 Å². The Bertz CT molecular complexity index is 1280. The number of aryl methyl sites for hydroxylation is 2. The van der Waals surface area contributed by atoms with Crippen LogP contribution in [0.2, 0.25) is 0 Å². The van der Waals surface area contributed by atoms with Crippen LogP contribution < -0.4 is 10.2 Å². The number of pyridine rings is 1. The molecule has 0 radical (unpaired) electrons. The molecule has 2 atom stereocenters. The molecule has 1 fully saturated rings. The molecule has 0 saturated carbocycles. The van der Waals surface area contributed by atoms with E-state index in [1.54, 1.807) is 0 Å².